The van der Waals surface area contributed by atoms with Crippen LogP contribution in [0.15, 0.2) is 46.7 Å². The highest BCUT2D eigenvalue weighted by Gasteiger charge is 2.15. The Labute approximate surface area is 148 Å². The third-order valence-electron chi connectivity index (χ3n) is 3.21. The molecule has 2 rings (SSSR count). The molecule has 0 saturated heterocycles. The van der Waals surface area contributed by atoms with Gasteiger partial charge in [-0.1, -0.05) is 12.2 Å². The highest BCUT2D eigenvalue weighted by atomic mass is 32.1. The van der Waals surface area contributed by atoms with Gasteiger partial charge < -0.3 is 9.73 Å². The molecule has 1 amide bonds. The van der Waals surface area contributed by atoms with Crippen LogP contribution in [0, 0.1) is 18.3 Å². The van der Waals surface area contributed by atoms with Gasteiger partial charge in [0.05, 0.1) is 4.53 Å². The highest BCUT2D eigenvalue weighted by Crippen LogP contribution is 2.06. The van der Waals surface area contributed by atoms with E-state index in [1.54, 1.807) is 25.1 Å². The van der Waals surface area contributed by atoms with Crippen LogP contribution in [0.3, 0.4) is 0 Å². The summed E-state index contributed by atoms with van der Waals surface area (Å²) < 4.78 is 7.46. The van der Waals surface area contributed by atoms with Crippen molar-refractivity contribution in [3.63, 3.8) is 0 Å². The summed E-state index contributed by atoms with van der Waals surface area (Å²) in [4.78, 5) is 24.8. The summed E-state index contributed by atoms with van der Waals surface area (Å²) in [5.41, 5.74) is -0.431. The zero-order valence-electron chi connectivity index (χ0n) is 13.7. The van der Waals surface area contributed by atoms with E-state index in [9.17, 15) is 14.9 Å². The molecular weight excluding hydrogens is 338 g/mol. The van der Waals surface area contributed by atoms with Crippen LogP contribution in [0.1, 0.15) is 11.5 Å². The molecule has 7 heteroatoms. The van der Waals surface area contributed by atoms with Gasteiger partial charge in [-0.15, -0.1) is 24.5 Å². The summed E-state index contributed by atoms with van der Waals surface area (Å²) in [7, 11) is 0. The minimum atomic E-state index is -0.554. The first-order chi connectivity index (χ1) is 12.0. The predicted molar refractivity (Wildman–Crippen MR) is 97.3 cm³/mol. The third-order valence-corrected chi connectivity index (χ3v) is 4.34. The Bertz CT molecular complexity index is 1030. The zero-order valence-corrected chi connectivity index (χ0v) is 14.6. The van der Waals surface area contributed by atoms with Gasteiger partial charge >= 0.3 is 0 Å². The summed E-state index contributed by atoms with van der Waals surface area (Å²) in [6.45, 7) is 9.36. The van der Waals surface area contributed by atoms with E-state index in [2.05, 4.69) is 18.5 Å². The minimum absolute atomic E-state index is 0.124. The van der Waals surface area contributed by atoms with E-state index in [1.807, 2.05) is 6.07 Å². The minimum Gasteiger partial charge on any atom is -0.462 e. The van der Waals surface area contributed by atoms with Gasteiger partial charge in [-0.2, -0.15) is 5.26 Å². The number of aromatic nitrogens is 1. The van der Waals surface area contributed by atoms with Crippen LogP contribution in [0.5, 0.6) is 0 Å². The Kier molecular flexibility index (Phi) is 5.93. The number of allylic oxidation sites excluding steroid dienone is 1. The fraction of sp³-hybridized carbons (Fsp3) is 0.167. The number of amides is 1. The fourth-order valence-electron chi connectivity index (χ4n) is 2.11. The van der Waals surface area contributed by atoms with Gasteiger partial charge in [-0.25, -0.2) is 0 Å². The largest absolute Gasteiger partial charge is 0.462 e. The van der Waals surface area contributed by atoms with Gasteiger partial charge in [0.1, 0.15) is 22.3 Å². The summed E-state index contributed by atoms with van der Waals surface area (Å²) in [6, 6.07) is 5.42. The first kappa shape index (κ1) is 18.2. The highest BCUT2D eigenvalue weighted by molar-refractivity contribution is 7.07. The van der Waals surface area contributed by atoms with Crippen molar-refractivity contribution in [2.75, 3.05) is 6.54 Å². The van der Waals surface area contributed by atoms with Gasteiger partial charge in [-0.05, 0) is 19.1 Å². The molecule has 0 aliphatic heterocycles. The maximum atomic E-state index is 12.6. The fourth-order valence-corrected chi connectivity index (χ4v) is 3.20. The maximum absolute atomic E-state index is 12.6. The molecule has 0 aromatic carbocycles. The van der Waals surface area contributed by atoms with E-state index < -0.39 is 5.91 Å². The maximum Gasteiger partial charge on any atom is 0.269 e. The number of nitrogens with one attached hydrogen (secondary N) is 1. The lowest BCUT2D eigenvalue weighted by Gasteiger charge is -2.01. The topological polar surface area (TPSA) is 88.0 Å². The van der Waals surface area contributed by atoms with Crippen molar-refractivity contribution >= 4 is 28.9 Å². The molecule has 0 spiro atoms. The molecule has 128 valence electrons. The normalized spacial score (nSPS) is 12.4. The first-order valence-corrected chi connectivity index (χ1v) is 8.25. The van der Waals surface area contributed by atoms with E-state index in [-0.39, 0.29) is 28.9 Å². The Morgan fingerprint density at radius 2 is 2.20 bits per heavy atom. The molecule has 0 aliphatic rings. The second-order valence-corrected chi connectivity index (χ2v) is 6.08. The number of nitrogens with zero attached hydrogens (tertiary/aromatic N) is 2. The number of nitriles is 1. The van der Waals surface area contributed by atoms with E-state index in [0.29, 0.717) is 10.3 Å². The van der Waals surface area contributed by atoms with E-state index in [0.717, 1.165) is 17.1 Å². The second-order valence-electron chi connectivity index (χ2n) is 5.05. The van der Waals surface area contributed by atoms with Crippen molar-refractivity contribution in [1.29, 1.82) is 5.26 Å². The molecule has 0 fully saturated rings. The molecule has 0 radical (unpaired) electrons. The number of hydrogen-bond donors (Lipinski definition) is 1. The average molecular weight is 355 g/mol. The van der Waals surface area contributed by atoms with Crippen molar-refractivity contribution in [2.24, 2.45) is 0 Å². The van der Waals surface area contributed by atoms with Gasteiger partial charge in [0.2, 0.25) is 0 Å². The Morgan fingerprint density at radius 1 is 1.44 bits per heavy atom. The molecule has 2 aromatic rings. The van der Waals surface area contributed by atoms with Gasteiger partial charge in [0.25, 0.3) is 11.5 Å². The smallest absolute Gasteiger partial charge is 0.269 e. The van der Waals surface area contributed by atoms with E-state index in [1.165, 1.54) is 16.7 Å². The van der Waals surface area contributed by atoms with Crippen LogP contribution in [0.25, 0.3) is 11.6 Å². The van der Waals surface area contributed by atoms with Crippen molar-refractivity contribution in [3.05, 3.63) is 68.5 Å². The van der Waals surface area contributed by atoms with Crippen molar-refractivity contribution in [1.82, 2.24) is 9.88 Å². The number of furan rings is 1. The third kappa shape index (κ3) is 4.05. The molecule has 0 unspecified atom stereocenters. The lowest BCUT2D eigenvalue weighted by Crippen LogP contribution is -2.34. The average Bonchev–Trinajstić information content (AvgIpc) is 3.13. The van der Waals surface area contributed by atoms with Gasteiger partial charge in [-0.3, -0.25) is 14.2 Å². The summed E-state index contributed by atoms with van der Waals surface area (Å²) in [5, 5.41) is 12.0. The molecule has 2 aromatic heterocycles. The number of hydrogen-bond acceptors (Lipinski definition) is 5. The van der Waals surface area contributed by atoms with Crippen molar-refractivity contribution < 1.29 is 9.21 Å². The standard InChI is InChI=1S/C18H17N3O3S/c1-4-8-20-16(22)14(11-19)18-21(9-5-2)17(23)15(25-18)10-13-7-6-12(3)24-13/h4-7,10H,1-2,8-9H2,3H3,(H,20,22). The predicted octanol–water partition coefficient (Wildman–Crippen LogP) is 0.802. The Morgan fingerprint density at radius 3 is 2.76 bits per heavy atom. The molecule has 2 heterocycles. The van der Waals surface area contributed by atoms with Crippen molar-refractivity contribution in [3.8, 4) is 6.07 Å². The quantitative estimate of drug-likeness (QED) is 0.777. The number of aryl methyl sites for hydroxylation is 1. The van der Waals surface area contributed by atoms with Gasteiger partial charge in [0, 0.05) is 19.2 Å². The number of rotatable bonds is 6. The molecule has 0 bridgehead atoms. The van der Waals surface area contributed by atoms with Gasteiger partial charge in [0.15, 0.2) is 5.57 Å². The molecule has 0 aliphatic carbocycles. The monoisotopic (exact) mass is 355 g/mol. The van der Waals surface area contributed by atoms with E-state index in [4.69, 9.17) is 4.42 Å². The van der Waals surface area contributed by atoms with E-state index >= 15 is 0 Å². The summed E-state index contributed by atoms with van der Waals surface area (Å²) in [5.74, 6) is 0.701. The van der Waals surface area contributed by atoms with Crippen LogP contribution < -0.4 is 20.1 Å². The Hall–Kier alpha value is -3.11. The molecule has 0 saturated carbocycles. The summed E-state index contributed by atoms with van der Waals surface area (Å²) >= 11 is 1.07. The lowest BCUT2D eigenvalue weighted by atomic mass is 10.3. The number of carbonyl (C=O) groups is 1. The number of thiazole rings is 1. The SMILES string of the molecule is C=CCNC(=O)C(C#N)=c1sc(=Cc2ccc(C)o2)c(=O)n1CC=C. The molecule has 25 heavy (non-hydrogen) atoms. The van der Waals surface area contributed by atoms with Crippen LogP contribution in [0.4, 0.5) is 0 Å². The first-order valence-electron chi connectivity index (χ1n) is 7.44. The van der Waals surface area contributed by atoms with Crippen LogP contribution >= 0.6 is 11.3 Å². The van der Waals surface area contributed by atoms with Crippen LogP contribution in [-0.2, 0) is 11.3 Å². The molecule has 0 atom stereocenters. The molecule has 1 N–H and O–H groups in total. The molecular formula is C18H17N3O3S. The number of carbonyl (C=O) groups excluding carboxylic acids is 1. The zero-order chi connectivity index (χ0) is 18.4. The second kappa shape index (κ2) is 8.13. The Balaban J connectivity index is 2.73. The van der Waals surface area contributed by atoms with Crippen molar-refractivity contribution in [2.45, 2.75) is 13.5 Å². The molecule has 6 nitrogen and oxygen atoms in total. The van der Waals surface area contributed by atoms with Crippen LogP contribution in [-0.4, -0.2) is 17.0 Å². The lowest BCUT2D eigenvalue weighted by molar-refractivity contribution is -0.115. The summed E-state index contributed by atoms with van der Waals surface area (Å²) in [6.07, 6.45) is 4.64. The van der Waals surface area contributed by atoms with Crippen LogP contribution in [0.2, 0.25) is 0 Å².